The molecule has 0 heterocycles. The minimum absolute atomic E-state index is 0.0123. The highest BCUT2D eigenvalue weighted by molar-refractivity contribution is 5.88. The van der Waals surface area contributed by atoms with Crippen LogP contribution in [0.25, 0.3) is 0 Å². The van der Waals surface area contributed by atoms with Crippen LogP contribution in [0.3, 0.4) is 0 Å². The lowest BCUT2D eigenvalue weighted by Crippen LogP contribution is -2.53. The van der Waals surface area contributed by atoms with Crippen LogP contribution in [-0.2, 0) is 22.6 Å². The highest BCUT2D eigenvalue weighted by Crippen LogP contribution is 2.20. The van der Waals surface area contributed by atoms with Gasteiger partial charge in [0.05, 0.1) is 0 Å². The van der Waals surface area contributed by atoms with Gasteiger partial charge in [-0.15, -0.1) is 0 Å². The van der Waals surface area contributed by atoms with E-state index in [0.29, 0.717) is 18.7 Å². The van der Waals surface area contributed by atoms with Gasteiger partial charge < -0.3 is 15.0 Å². The number of carbonyl (C=O) groups excluding carboxylic acids is 2. The summed E-state index contributed by atoms with van der Waals surface area (Å²) in [6.45, 7) is 10.2. The first-order valence-electron chi connectivity index (χ1n) is 12.7. The van der Waals surface area contributed by atoms with Crippen molar-refractivity contribution in [3.05, 3.63) is 101 Å². The Kier molecular flexibility index (Phi) is 9.69. The number of hydrogen-bond acceptors (Lipinski definition) is 3. The van der Waals surface area contributed by atoms with Crippen molar-refractivity contribution in [2.24, 2.45) is 0 Å². The summed E-state index contributed by atoms with van der Waals surface area (Å²) < 4.78 is 5.98. The topological polar surface area (TPSA) is 58.6 Å². The van der Waals surface area contributed by atoms with Crippen LogP contribution < -0.4 is 10.1 Å². The van der Waals surface area contributed by atoms with Crippen LogP contribution in [0.2, 0.25) is 0 Å². The molecule has 0 aliphatic carbocycles. The Bertz CT molecular complexity index is 1140. The van der Waals surface area contributed by atoms with E-state index in [-0.39, 0.29) is 24.5 Å². The summed E-state index contributed by atoms with van der Waals surface area (Å²) in [5, 5.41) is 3.10. The average molecular weight is 487 g/mol. The molecular weight excluding hydrogens is 448 g/mol. The van der Waals surface area contributed by atoms with Crippen molar-refractivity contribution in [2.45, 2.75) is 66.1 Å². The molecule has 36 heavy (non-hydrogen) atoms. The predicted octanol–water partition coefficient (Wildman–Crippen LogP) is 5.55. The number of amides is 2. The van der Waals surface area contributed by atoms with E-state index in [0.717, 1.165) is 34.2 Å². The minimum Gasteiger partial charge on any atom is -0.483 e. The van der Waals surface area contributed by atoms with E-state index in [1.807, 2.05) is 107 Å². The van der Waals surface area contributed by atoms with Crippen molar-refractivity contribution < 1.29 is 14.3 Å². The number of ether oxygens (including phenoxy) is 1. The monoisotopic (exact) mass is 486 g/mol. The molecule has 3 rings (SSSR count). The predicted molar refractivity (Wildman–Crippen MR) is 145 cm³/mol. The summed E-state index contributed by atoms with van der Waals surface area (Å²) >= 11 is 0. The molecule has 0 radical (unpaired) electrons. The largest absolute Gasteiger partial charge is 0.483 e. The van der Waals surface area contributed by atoms with E-state index in [2.05, 4.69) is 5.32 Å². The van der Waals surface area contributed by atoms with Crippen LogP contribution in [0.1, 0.15) is 48.1 Å². The lowest BCUT2D eigenvalue weighted by Gasteiger charge is -2.32. The van der Waals surface area contributed by atoms with Crippen LogP contribution in [0.5, 0.6) is 5.75 Å². The molecule has 2 unspecified atom stereocenters. The molecule has 2 atom stereocenters. The summed E-state index contributed by atoms with van der Waals surface area (Å²) in [6, 6.07) is 23.2. The third-order valence-electron chi connectivity index (χ3n) is 6.44. The number of hydrogen-bond donors (Lipinski definition) is 1. The fourth-order valence-electron chi connectivity index (χ4n) is 3.97. The quantitative estimate of drug-likeness (QED) is 0.387. The number of nitrogens with zero attached hydrogens (tertiary/aromatic N) is 1. The summed E-state index contributed by atoms with van der Waals surface area (Å²) in [4.78, 5) is 28.9. The van der Waals surface area contributed by atoms with Gasteiger partial charge in [0.25, 0.3) is 5.91 Å². The number of carbonyl (C=O) groups is 2. The number of rotatable bonds is 11. The van der Waals surface area contributed by atoms with Crippen molar-refractivity contribution in [1.29, 1.82) is 0 Å². The Morgan fingerprint density at radius 3 is 2.22 bits per heavy atom. The molecule has 5 nitrogen and oxygen atoms in total. The fourth-order valence-corrected chi connectivity index (χ4v) is 3.97. The second-order valence-corrected chi connectivity index (χ2v) is 9.59. The standard InChI is InChI=1S/C31H38N2O3/c1-6-25(5)32-31(35)28(19-26-10-8-7-9-11-26)33(20-27-16-13-22(2)14-17-27)30(34)21-36-29-18-23(3)12-15-24(29)4/h7-18,25,28H,6,19-21H2,1-5H3,(H,32,35). The molecule has 3 aromatic carbocycles. The van der Waals surface area contributed by atoms with Gasteiger partial charge in [-0.3, -0.25) is 9.59 Å². The van der Waals surface area contributed by atoms with E-state index in [9.17, 15) is 9.59 Å². The zero-order chi connectivity index (χ0) is 26.1. The Labute approximate surface area is 215 Å². The van der Waals surface area contributed by atoms with E-state index >= 15 is 0 Å². The molecule has 5 heteroatoms. The normalized spacial score (nSPS) is 12.5. The molecule has 0 aliphatic rings. The number of benzene rings is 3. The van der Waals surface area contributed by atoms with Gasteiger partial charge in [-0.2, -0.15) is 0 Å². The van der Waals surface area contributed by atoms with E-state index in [4.69, 9.17) is 4.74 Å². The summed E-state index contributed by atoms with van der Waals surface area (Å²) in [5.41, 5.74) is 5.14. The van der Waals surface area contributed by atoms with Gasteiger partial charge in [-0.1, -0.05) is 79.2 Å². The second kappa shape index (κ2) is 12.9. The van der Waals surface area contributed by atoms with Gasteiger partial charge in [0.1, 0.15) is 11.8 Å². The minimum atomic E-state index is -0.669. The van der Waals surface area contributed by atoms with Gasteiger partial charge >= 0.3 is 0 Å². The molecule has 0 aliphatic heterocycles. The molecular formula is C31H38N2O3. The van der Waals surface area contributed by atoms with Crippen LogP contribution >= 0.6 is 0 Å². The third kappa shape index (κ3) is 7.70. The first kappa shape index (κ1) is 27.0. The Morgan fingerprint density at radius 2 is 1.56 bits per heavy atom. The highest BCUT2D eigenvalue weighted by atomic mass is 16.5. The number of nitrogens with one attached hydrogen (secondary N) is 1. The van der Waals surface area contributed by atoms with Crippen molar-refractivity contribution in [3.8, 4) is 5.75 Å². The fraction of sp³-hybridized carbons (Fsp3) is 0.355. The first-order chi connectivity index (χ1) is 17.3. The zero-order valence-corrected chi connectivity index (χ0v) is 22.1. The van der Waals surface area contributed by atoms with Crippen LogP contribution in [-0.4, -0.2) is 35.4 Å². The van der Waals surface area contributed by atoms with Crippen molar-refractivity contribution in [3.63, 3.8) is 0 Å². The molecule has 0 spiro atoms. The van der Waals surface area contributed by atoms with Gasteiger partial charge in [-0.05, 0) is 62.4 Å². The van der Waals surface area contributed by atoms with Crippen molar-refractivity contribution >= 4 is 11.8 Å². The van der Waals surface area contributed by atoms with Gasteiger partial charge in [0.15, 0.2) is 6.61 Å². The molecule has 0 aromatic heterocycles. The van der Waals surface area contributed by atoms with Crippen molar-refractivity contribution in [2.75, 3.05) is 6.61 Å². The molecule has 0 bridgehead atoms. The molecule has 0 saturated heterocycles. The maximum atomic E-state index is 13.7. The summed E-state index contributed by atoms with van der Waals surface area (Å²) in [6.07, 6.45) is 1.23. The van der Waals surface area contributed by atoms with Gasteiger partial charge in [0, 0.05) is 19.0 Å². The molecule has 2 amide bonds. The summed E-state index contributed by atoms with van der Waals surface area (Å²) in [7, 11) is 0. The summed E-state index contributed by atoms with van der Waals surface area (Å²) in [5.74, 6) is 0.305. The third-order valence-corrected chi connectivity index (χ3v) is 6.44. The van der Waals surface area contributed by atoms with Gasteiger partial charge in [-0.25, -0.2) is 0 Å². The van der Waals surface area contributed by atoms with Crippen LogP contribution in [0.15, 0.2) is 72.8 Å². The Balaban J connectivity index is 1.92. The molecule has 190 valence electrons. The maximum absolute atomic E-state index is 13.7. The molecule has 0 fully saturated rings. The van der Waals surface area contributed by atoms with Gasteiger partial charge in [0.2, 0.25) is 5.91 Å². The molecule has 0 saturated carbocycles. The average Bonchev–Trinajstić information content (AvgIpc) is 2.88. The number of aryl methyl sites for hydroxylation is 3. The Morgan fingerprint density at radius 1 is 0.889 bits per heavy atom. The van der Waals surface area contributed by atoms with Crippen molar-refractivity contribution in [1.82, 2.24) is 10.2 Å². The highest BCUT2D eigenvalue weighted by Gasteiger charge is 2.31. The first-order valence-corrected chi connectivity index (χ1v) is 12.7. The van der Waals surface area contributed by atoms with Crippen LogP contribution in [0, 0.1) is 20.8 Å². The Hall–Kier alpha value is -3.60. The molecule has 1 N–H and O–H groups in total. The zero-order valence-electron chi connectivity index (χ0n) is 22.1. The van der Waals surface area contributed by atoms with Crippen LogP contribution in [0.4, 0.5) is 0 Å². The van der Waals surface area contributed by atoms with E-state index < -0.39 is 6.04 Å². The van der Waals surface area contributed by atoms with E-state index in [1.54, 1.807) is 4.90 Å². The SMILES string of the molecule is CCC(C)NC(=O)C(Cc1ccccc1)N(Cc1ccc(C)cc1)C(=O)COc1cc(C)ccc1C. The van der Waals surface area contributed by atoms with E-state index in [1.165, 1.54) is 0 Å². The smallest absolute Gasteiger partial charge is 0.261 e. The molecule has 3 aromatic rings. The maximum Gasteiger partial charge on any atom is 0.261 e. The second-order valence-electron chi connectivity index (χ2n) is 9.59. The lowest BCUT2D eigenvalue weighted by atomic mass is 10.0. The lowest BCUT2D eigenvalue weighted by molar-refractivity contribution is -0.143.